The third-order valence-electron chi connectivity index (χ3n) is 7.88. The normalized spacial score (nSPS) is 27.9. The summed E-state index contributed by atoms with van der Waals surface area (Å²) in [6.45, 7) is 3.14. The summed E-state index contributed by atoms with van der Waals surface area (Å²) in [5.41, 5.74) is 12.4. The lowest BCUT2D eigenvalue weighted by atomic mass is 10.1. The molecule has 21 nitrogen and oxygen atoms in total. The van der Waals surface area contributed by atoms with Crippen LogP contribution in [0, 0.1) is 13.8 Å². The number of aliphatic hydroxyl groups excluding tert-OH is 4. The quantitative estimate of drug-likeness (QED) is 0.0514. The Morgan fingerprint density at radius 1 is 0.875 bits per heavy atom. The molecule has 264 valence electrons. The van der Waals surface area contributed by atoms with E-state index in [1.807, 2.05) is 0 Å². The molecule has 9 atom stereocenters. The number of H-pyrrole nitrogens is 2. The molecule has 0 radical (unpaired) electrons. The van der Waals surface area contributed by atoms with Gasteiger partial charge in [-0.2, -0.15) is 19.5 Å². The van der Waals surface area contributed by atoms with Crippen LogP contribution in [0.25, 0.3) is 22.1 Å². The van der Waals surface area contributed by atoms with Gasteiger partial charge in [-0.05, 0) is 25.0 Å². The van der Waals surface area contributed by atoms with Gasteiger partial charge in [0.1, 0.15) is 36.9 Å². The number of nitrogens with zero attached hydrogens (tertiary/aromatic N) is 4. The zero-order valence-electron chi connectivity index (χ0n) is 26.1. The van der Waals surface area contributed by atoms with E-state index in [2.05, 4.69) is 24.6 Å². The third-order valence-corrected chi connectivity index (χ3v) is 8.38. The van der Waals surface area contributed by atoms with Gasteiger partial charge in [0, 0.05) is 26.6 Å². The zero-order chi connectivity index (χ0) is 35.0. The Morgan fingerprint density at radius 2 is 1.35 bits per heavy atom. The molecule has 48 heavy (non-hydrogen) atoms. The van der Waals surface area contributed by atoms with E-state index < -0.39 is 69.5 Å². The molecular weight excluding hydrogens is 663 g/mol. The van der Waals surface area contributed by atoms with Crippen molar-refractivity contribution >= 4 is 42.3 Å². The Kier molecular flexibility index (Phi) is 10.8. The van der Waals surface area contributed by atoms with Gasteiger partial charge in [-0.3, -0.25) is 19.6 Å². The van der Waals surface area contributed by atoms with E-state index in [0.717, 1.165) is 0 Å². The number of nitrogen functional groups attached to an aromatic ring is 2. The molecule has 6 rings (SSSR count). The second-order valence-electron chi connectivity index (χ2n) is 10.9. The summed E-state index contributed by atoms with van der Waals surface area (Å²) in [7, 11) is 0.597. The van der Waals surface area contributed by atoms with Crippen molar-refractivity contribution in [3.05, 3.63) is 44.2 Å². The Labute approximate surface area is 271 Å². The average molecular weight is 701 g/mol. The van der Waals surface area contributed by atoms with Crippen LogP contribution in [-0.4, -0.2) is 118 Å². The highest BCUT2D eigenvalue weighted by Crippen LogP contribution is 2.38. The van der Waals surface area contributed by atoms with Crippen LogP contribution in [0.1, 0.15) is 23.6 Å². The summed E-state index contributed by atoms with van der Waals surface area (Å²) in [6, 6.07) is 0. The molecule has 2 aliphatic rings. The Morgan fingerprint density at radius 3 is 1.81 bits per heavy atom. The first-order valence-corrected chi connectivity index (χ1v) is 15.7. The van der Waals surface area contributed by atoms with Crippen molar-refractivity contribution in [2.24, 2.45) is 0 Å². The van der Waals surface area contributed by atoms with E-state index in [1.165, 1.54) is 18.8 Å². The molecule has 2 saturated heterocycles. The molecule has 4 aromatic rings. The van der Waals surface area contributed by atoms with Crippen molar-refractivity contribution in [3.8, 4) is 0 Å². The third kappa shape index (κ3) is 6.55. The first-order valence-electron chi connectivity index (χ1n) is 14.3. The first kappa shape index (κ1) is 35.7. The topological polar surface area (TPSA) is 310 Å². The number of aryl methyl sites for hydroxylation is 2. The summed E-state index contributed by atoms with van der Waals surface area (Å²) in [6.07, 6.45) is -4.88. The van der Waals surface area contributed by atoms with Gasteiger partial charge in [0.15, 0.2) is 23.8 Å². The maximum absolute atomic E-state index is 12.1. The number of hydrogen-bond acceptors (Lipinski definition) is 17. The molecule has 2 fully saturated rings. The number of ether oxygens (including phenoxy) is 4. The van der Waals surface area contributed by atoms with Gasteiger partial charge in [0.25, 0.3) is 11.1 Å². The van der Waals surface area contributed by atoms with Crippen LogP contribution in [0.15, 0.2) is 22.0 Å². The maximum atomic E-state index is 12.1. The molecule has 2 aliphatic heterocycles. The van der Waals surface area contributed by atoms with Crippen molar-refractivity contribution in [3.63, 3.8) is 0 Å². The van der Waals surface area contributed by atoms with Gasteiger partial charge >= 0.3 is 0 Å². The molecule has 3 unspecified atom stereocenters. The van der Waals surface area contributed by atoms with E-state index in [-0.39, 0.29) is 29.7 Å². The van der Waals surface area contributed by atoms with E-state index in [1.54, 1.807) is 30.8 Å². The number of aromatic nitrogens is 6. The molecule has 0 aromatic carbocycles. The minimum absolute atomic E-state index is 0.0110. The van der Waals surface area contributed by atoms with E-state index in [0.29, 0.717) is 27.5 Å². The number of methoxy groups -OCH3 is 2. The van der Waals surface area contributed by atoms with Gasteiger partial charge in [-0.1, -0.05) is 0 Å². The molecule has 4 aromatic heterocycles. The fraction of sp³-hybridized carbons (Fsp3) is 0.538. The van der Waals surface area contributed by atoms with Crippen molar-refractivity contribution in [2.45, 2.75) is 63.1 Å². The summed E-state index contributed by atoms with van der Waals surface area (Å²) in [5, 5.41) is 39.2. The number of fused-ring (bicyclic) bond motifs is 2. The van der Waals surface area contributed by atoms with Crippen LogP contribution >= 0.6 is 8.38 Å². The number of aromatic amines is 2. The molecule has 0 amide bonds. The average Bonchev–Trinajstić information content (AvgIpc) is 3.75. The Bertz CT molecular complexity index is 1860. The fourth-order valence-electron chi connectivity index (χ4n) is 5.74. The minimum atomic E-state index is -2.21. The molecule has 6 heterocycles. The Balaban J connectivity index is 0.000000190. The fourth-order valence-corrected chi connectivity index (χ4v) is 5.97. The van der Waals surface area contributed by atoms with Gasteiger partial charge in [0.2, 0.25) is 26.6 Å². The SMILES string of the molecule is COC1[C@@H](O)[C@@H](CO)O[C@H]1n1cc(C)c2c(=O)[nH]c(N)nc21.COC1[C@@H](O)[C@@H](OOP(O)CO)O[C@H]1n1cc(C)c2c(=O)[nH]c(N)nc21. The van der Waals surface area contributed by atoms with Crippen LogP contribution in [0.4, 0.5) is 11.9 Å². The number of nitrogens with one attached hydrogen (secondary N) is 2. The smallest absolute Gasteiger partial charge is 0.262 e. The maximum Gasteiger partial charge on any atom is 0.262 e. The van der Waals surface area contributed by atoms with Gasteiger partial charge < -0.3 is 64.9 Å². The predicted octanol–water partition coefficient (Wildman–Crippen LogP) is -2.07. The molecule has 0 aliphatic carbocycles. The minimum Gasteiger partial charge on any atom is -0.394 e. The van der Waals surface area contributed by atoms with Crippen molar-refractivity contribution < 1.29 is 53.8 Å². The predicted molar refractivity (Wildman–Crippen MR) is 166 cm³/mol. The number of hydrogen-bond donors (Lipinski definition) is 9. The second kappa shape index (κ2) is 14.5. The summed E-state index contributed by atoms with van der Waals surface area (Å²) in [5.74, 6) is -0.0811. The lowest BCUT2D eigenvalue weighted by Crippen LogP contribution is -2.34. The number of anilines is 2. The van der Waals surface area contributed by atoms with E-state index in [4.69, 9.17) is 40.4 Å². The summed E-state index contributed by atoms with van der Waals surface area (Å²) in [4.78, 5) is 51.4. The van der Waals surface area contributed by atoms with Crippen molar-refractivity contribution in [2.75, 3.05) is 38.6 Å². The van der Waals surface area contributed by atoms with Gasteiger partial charge in [0.05, 0.1) is 17.4 Å². The summed E-state index contributed by atoms with van der Waals surface area (Å²) < 4.78 is 29.6. The number of nitrogens with two attached hydrogens (primary N) is 2. The van der Waals surface area contributed by atoms with Crippen LogP contribution < -0.4 is 22.6 Å². The number of aliphatic hydroxyl groups is 4. The van der Waals surface area contributed by atoms with Crippen molar-refractivity contribution in [1.82, 2.24) is 29.1 Å². The lowest BCUT2D eigenvalue weighted by Gasteiger charge is -2.20. The summed E-state index contributed by atoms with van der Waals surface area (Å²) >= 11 is 0. The van der Waals surface area contributed by atoms with Crippen LogP contribution in [-0.2, 0) is 28.5 Å². The van der Waals surface area contributed by atoms with Gasteiger partial charge in [-0.15, -0.1) is 0 Å². The highest BCUT2D eigenvalue weighted by atomic mass is 31.2. The number of rotatable bonds is 9. The highest BCUT2D eigenvalue weighted by Gasteiger charge is 2.48. The largest absolute Gasteiger partial charge is 0.394 e. The molecule has 0 saturated carbocycles. The molecule has 0 bridgehead atoms. The first-order chi connectivity index (χ1) is 22.8. The Hall–Kier alpha value is -3.57. The highest BCUT2D eigenvalue weighted by molar-refractivity contribution is 7.45. The lowest BCUT2D eigenvalue weighted by molar-refractivity contribution is -0.332. The van der Waals surface area contributed by atoms with Crippen LogP contribution in [0.2, 0.25) is 0 Å². The standard InChI is InChI=1S/C13H19N4O8P.C13H18N4O5/c1-5-3-17(9-6(5)10(20)16-13(14)15-9)11-8(22-2)7(19)12(23-11)24-25-26(21)4-18;1-5-3-17(10-7(5)11(20)16-13(14)15-10)12-9(21-2)8(19)6(4-18)22-12/h3,7-8,11-12,18-19,21H,4H2,1-2H3,(H3,14,15,16,20);3,6,8-9,12,18-19H,4H2,1-2H3,(H3,14,15,16,20)/t7-,8?,11-,12-,26?;6-,8+,9?,12-/m11/s1. The van der Waals surface area contributed by atoms with Crippen LogP contribution in [0.3, 0.4) is 0 Å². The molecular formula is C26H37N8O13P. The molecule has 0 spiro atoms. The van der Waals surface area contributed by atoms with Crippen molar-refractivity contribution in [1.29, 1.82) is 0 Å². The van der Waals surface area contributed by atoms with E-state index >= 15 is 0 Å². The van der Waals surface area contributed by atoms with E-state index in [9.17, 15) is 29.8 Å². The van der Waals surface area contributed by atoms with Gasteiger partial charge in [-0.25, -0.2) is 0 Å². The monoisotopic (exact) mass is 700 g/mol. The molecule has 22 heteroatoms. The molecule has 11 N–H and O–H groups in total. The second-order valence-corrected chi connectivity index (χ2v) is 12.1. The van der Waals surface area contributed by atoms with Crippen LogP contribution in [0.5, 0.6) is 0 Å². The zero-order valence-corrected chi connectivity index (χ0v) is 27.0.